The predicted molar refractivity (Wildman–Crippen MR) is 81.8 cm³/mol. The highest BCUT2D eigenvalue weighted by Crippen LogP contribution is 2.32. The minimum Gasteiger partial charge on any atom is -0.452 e. The minimum absolute atomic E-state index is 0.0693. The average molecular weight is 376 g/mol. The third kappa shape index (κ3) is 4.93. The molecule has 0 saturated heterocycles. The molecule has 0 radical (unpaired) electrons. The second-order valence-corrected chi connectivity index (χ2v) is 5.20. The van der Waals surface area contributed by atoms with Crippen LogP contribution in [0.1, 0.15) is 15.9 Å². The molecule has 4 nitrogen and oxygen atoms in total. The summed E-state index contributed by atoms with van der Waals surface area (Å²) < 4.78 is 56.0. The van der Waals surface area contributed by atoms with Gasteiger partial charge in [-0.3, -0.25) is 4.79 Å². The largest absolute Gasteiger partial charge is 0.452 e. The highest BCUT2D eigenvalue weighted by Gasteiger charge is 2.35. The number of halogens is 5. The zero-order chi connectivity index (χ0) is 18.6. The Bertz CT molecular complexity index is 808. The van der Waals surface area contributed by atoms with E-state index in [2.05, 4.69) is 10.1 Å². The Hall–Kier alpha value is -2.61. The van der Waals surface area contributed by atoms with Crippen LogP contribution in [-0.4, -0.2) is 18.5 Å². The topological polar surface area (TPSA) is 55.4 Å². The Morgan fingerprint density at radius 3 is 2.44 bits per heavy atom. The number of alkyl halides is 3. The van der Waals surface area contributed by atoms with Gasteiger partial charge in [-0.25, -0.2) is 9.18 Å². The summed E-state index contributed by atoms with van der Waals surface area (Å²) >= 11 is 5.72. The van der Waals surface area contributed by atoms with Gasteiger partial charge in [0.05, 0.1) is 21.8 Å². The summed E-state index contributed by atoms with van der Waals surface area (Å²) in [4.78, 5) is 23.5. The molecule has 9 heteroatoms. The maximum Gasteiger partial charge on any atom is 0.417 e. The molecular weight excluding hydrogens is 366 g/mol. The van der Waals surface area contributed by atoms with Crippen LogP contribution in [-0.2, 0) is 15.7 Å². The van der Waals surface area contributed by atoms with E-state index >= 15 is 0 Å². The van der Waals surface area contributed by atoms with Crippen LogP contribution in [0.4, 0.5) is 23.2 Å². The third-order valence-corrected chi connectivity index (χ3v) is 3.30. The van der Waals surface area contributed by atoms with Gasteiger partial charge in [0.2, 0.25) is 0 Å². The van der Waals surface area contributed by atoms with Crippen molar-refractivity contribution >= 4 is 29.2 Å². The number of ether oxygens (including phenoxy) is 1. The summed E-state index contributed by atoms with van der Waals surface area (Å²) in [6.45, 7) is -0.835. The van der Waals surface area contributed by atoms with Gasteiger partial charge in [-0.1, -0.05) is 23.7 Å². The second-order valence-electron chi connectivity index (χ2n) is 4.79. The van der Waals surface area contributed by atoms with Crippen LogP contribution in [0.3, 0.4) is 0 Å². The van der Waals surface area contributed by atoms with Crippen molar-refractivity contribution in [3.8, 4) is 0 Å². The van der Waals surface area contributed by atoms with Crippen molar-refractivity contribution in [1.29, 1.82) is 0 Å². The number of carbonyl (C=O) groups excluding carboxylic acids is 2. The number of nitrogens with one attached hydrogen (secondary N) is 1. The molecule has 0 spiro atoms. The number of hydrogen-bond donors (Lipinski definition) is 1. The Morgan fingerprint density at radius 2 is 1.80 bits per heavy atom. The lowest BCUT2D eigenvalue weighted by Crippen LogP contribution is -2.22. The van der Waals surface area contributed by atoms with E-state index in [1.165, 1.54) is 12.1 Å². The average Bonchev–Trinajstić information content (AvgIpc) is 2.54. The van der Waals surface area contributed by atoms with Crippen molar-refractivity contribution in [3.05, 3.63) is 64.4 Å². The van der Waals surface area contributed by atoms with E-state index in [1.807, 2.05) is 0 Å². The molecule has 25 heavy (non-hydrogen) atoms. The normalized spacial score (nSPS) is 11.1. The zero-order valence-electron chi connectivity index (χ0n) is 12.4. The fourth-order valence-electron chi connectivity index (χ4n) is 1.89. The summed E-state index contributed by atoms with van der Waals surface area (Å²) in [5.41, 5.74) is -1.80. The Kier molecular flexibility index (Phi) is 5.63. The Balaban J connectivity index is 2.02. The highest BCUT2D eigenvalue weighted by molar-refractivity contribution is 6.33. The van der Waals surface area contributed by atoms with E-state index in [9.17, 15) is 27.2 Å². The van der Waals surface area contributed by atoms with E-state index in [1.54, 1.807) is 0 Å². The van der Waals surface area contributed by atoms with Crippen molar-refractivity contribution in [2.45, 2.75) is 6.18 Å². The molecule has 0 aliphatic rings. The van der Waals surface area contributed by atoms with Crippen LogP contribution >= 0.6 is 11.6 Å². The zero-order valence-corrected chi connectivity index (χ0v) is 13.1. The molecule has 1 N–H and O–H groups in total. The summed E-state index contributed by atoms with van der Waals surface area (Å²) in [7, 11) is 0. The van der Waals surface area contributed by atoms with E-state index in [-0.39, 0.29) is 10.7 Å². The number of hydrogen-bond acceptors (Lipinski definition) is 3. The lowest BCUT2D eigenvalue weighted by molar-refractivity contribution is -0.138. The summed E-state index contributed by atoms with van der Waals surface area (Å²) in [6, 6.07) is 7.24. The van der Waals surface area contributed by atoms with Gasteiger partial charge in [0, 0.05) is 0 Å². The summed E-state index contributed by atoms with van der Waals surface area (Å²) in [5.74, 6) is -2.75. The number of anilines is 1. The molecule has 0 atom stereocenters. The van der Waals surface area contributed by atoms with Crippen molar-refractivity contribution in [1.82, 2.24) is 0 Å². The van der Waals surface area contributed by atoms with E-state index in [4.69, 9.17) is 11.6 Å². The number of esters is 1. The van der Waals surface area contributed by atoms with Gasteiger partial charge >= 0.3 is 12.1 Å². The molecule has 2 aromatic carbocycles. The molecule has 0 saturated carbocycles. The van der Waals surface area contributed by atoms with Gasteiger partial charge in [0.1, 0.15) is 5.82 Å². The molecule has 0 aliphatic carbocycles. The van der Waals surface area contributed by atoms with Crippen LogP contribution in [0.15, 0.2) is 42.5 Å². The first-order chi connectivity index (χ1) is 11.7. The van der Waals surface area contributed by atoms with Crippen LogP contribution in [0.2, 0.25) is 5.02 Å². The molecule has 1 amide bonds. The van der Waals surface area contributed by atoms with Gasteiger partial charge < -0.3 is 10.1 Å². The van der Waals surface area contributed by atoms with Crippen molar-refractivity contribution in [2.75, 3.05) is 11.9 Å². The van der Waals surface area contributed by atoms with Crippen LogP contribution in [0.5, 0.6) is 0 Å². The van der Waals surface area contributed by atoms with Gasteiger partial charge in [-0.15, -0.1) is 0 Å². The predicted octanol–water partition coefficient (Wildman–Crippen LogP) is 4.29. The molecule has 0 bridgehead atoms. The quantitative estimate of drug-likeness (QED) is 0.640. The van der Waals surface area contributed by atoms with Crippen molar-refractivity contribution < 1.29 is 31.9 Å². The minimum atomic E-state index is -4.74. The first-order valence-electron chi connectivity index (χ1n) is 6.76. The molecule has 0 aliphatic heterocycles. The van der Waals surface area contributed by atoms with Crippen LogP contribution in [0, 0.1) is 5.82 Å². The van der Waals surface area contributed by atoms with E-state index in [0.717, 1.165) is 30.3 Å². The first kappa shape index (κ1) is 18.7. The first-order valence-corrected chi connectivity index (χ1v) is 7.14. The SMILES string of the molecule is O=C(COC(=O)c1ccccc1C(F)(F)F)Nc1ccc(F)cc1Cl. The van der Waals surface area contributed by atoms with E-state index in [0.29, 0.717) is 0 Å². The lowest BCUT2D eigenvalue weighted by Gasteiger charge is -2.12. The van der Waals surface area contributed by atoms with Crippen LogP contribution in [0.25, 0.3) is 0 Å². The van der Waals surface area contributed by atoms with Crippen molar-refractivity contribution in [2.24, 2.45) is 0 Å². The number of benzene rings is 2. The highest BCUT2D eigenvalue weighted by atomic mass is 35.5. The van der Waals surface area contributed by atoms with Crippen LogP contribution < -0.4 is 5.32 Å². The molecule has 2 aromatic rings. The number of amides is 1. The van der Waals surface area contributed by atoms with Gasteiger partial charge in [0.15, 0.2) is 6.61 Å². The molecule has 0 heterocycles. The van der Waals surface area contributed by atoms with Gasteiger partial charge in [-0.05, 0) is 30.3 Å². The molecule has 132 valence electrons. The smallest absolute Gasteiger partial charge is 0.417 e. The molecule has 0 aromatic heterocycles. The monoisotopic (exact) mass is 375 g/mol. The van der Waals surface area contributed by atoms with E-state index < -0.39 is 41.6 Å². The Morgan fingerprint density at radius 1 is 1.12 bits per heavy atom. The fourth-order valence-corrected chi connectivity index (χ4v) is 2.11. The number of rotatable bonds is 4. The molecule has 2 rings (SSSR count). The molecule has 0 fully saturated rings. The third-order valence-electron chi connectivity index (χ3n) is 2.99. The molecule has 0 unspecified atom stereocenters. The summed E-state index contributed by atoms with van der Waals surface area (Å²) in [5, 5.41) is 2.17. The maximum absolute atomic E-state index is 12.9. The van der Waals surface area contributed by atoms with Gasteiger partial charge in [-0.2, -0.15) is 13.2 Å². The Labute approximate surface area is 144 Å². The number of carbonyl (C=O) groups is 2. The maximum atomic E-state index is 12.9. The van der Waals surface area contributed by atoms with Crippen molar-refractivity contribution in [3.63, 3.8) is 0 Å². The second kappa shape index (κ2) is 7.52. The standard InChI is InChI=1S/C16H10ClF4NO3/c17-12-7-9(18)5-6-13(12)22-14(23)8-25-15(24)10-3-1-2-4-11(10)16(19,20)21/h1-7H,8H2,(H,22,23). The lowest BCUT2D eigenvalue weighted by atomic mass is 10.1. The summed E-state index contributed by atoms with van der Waals surface area (Å²) in [6.07, 6.45) is -4.74. The van der Waals surface area contributed by atoms with Gasteiger partial charge in [0.25, 0.3) is 5.91 Å². The molecular formula is C16H10ClF4NO3. The fraction of sp³-hybridized carbons (Fsp3) is 0.125.